The number of nitrogens with one attached hydrogen (secondary N) is 1. The van der Waals surface area contributed by atoms with Crippen molar-refractivity contribution in [3.8, 4) is 0 Å². The second-order valence-corrected chi connectivity index (χ2v) is 9.96. The lowest BCUT2D eigenvalue weighted by atomic mass is 10.1. The molecule has 1 N–H and O–H groups in total. The maximum Gasteiger partial charge on any atom is 0.256 e. The predicted molar refractivity (Wildman–Crippen MR) is 132 cm³/mol. The van der Waals surface area contributed by atoms with Crippen molar-refractivity contribution in [2.75, 3.05) is 18.4 Å². The molecule has 0 spiro atoms. The van der Waals surface area contributed by atoms with E-state index in [0.29, 0.717) is 16.8 Å². The van der Waals surface area contributed by atoms with Crippen LogP contribution in [0.2, 0.25) is 0 Å². The molecule has 1 aliphatic rings. The van der Waals surface area contributed by atoms with Crippen LogP contribution in [-0.2, 0) is 5.75 Å². The van der Waals surface area contributed by atoms with Crippen molar-refractivity contribution in [1.29, 1.82) is 0 Å². The first-order valence-electron chi connectivity index (χ1n) is 10.9. The first-order valence-corrected chi connectivity index (χ1v) is 12.8. The number of benzene rings is 2. The minimum Gasteiger partial charge on any atom is -0.339 e. The number of hydrogen-bond donors (Lipinski definition) is 1. The lowest BCUT2D eigenvalue weighted by Gasteiger charge is -2.20. The van der Waals surface area contributed by atoms with Gasteiger partial charge in [-0.3, -0.25) is 9.59 Å². The third-order valence-corrected chi connectivity index (χ3v) is 7.39. The van der Waals surface area contributed by atoms with E-state index in [1.165, 1.54) is 12.8 Å². The van der Waals surface area contributed by atoms with Crippen LogP contribution in [-0.4, -0.2) is 34.8 Å². The largest absolute Gasteiger partial charge is 0.339 e. The summed E-state index contributed by atoms with van der Waals surface area (Å²) < 4.78 is 0. The molecular weight excluding hydrogens is 438 g/mol. The molecule has 32 heavy (non-hydrogen) atoms. The molecule has 0 unspecified atom stereocenters. The number of nitrogens with zero attached hydrogens (tertiary/aromatic N) is 2. The van der Waals surface area contributed by atoms with Gasteiger partial charge in [0.1, 0.15) is 0 Å². The van der Waals surface area contributed by atoms with Crippen LogP contribution in [0.15, 0.2) is 58.8 Å². The van der Waals surface area contributed by atoms with Gasteiger partial charge in [-0.15, -0.1) is 23.1 Å². The molecule has 166 valence electrons. The summed E-state index contributed by atoms with van der Waals surface area (Å²) in [7, 11) is 0. The normalized spacial score (nSPS) is 14.1. The number of thiazole rings is 1. The van der Waals surface area contributed by atoms with Crippen LogP contribution in [0, 0.1) is 6.92 Å². The monoisotopic (exact) mass is 465 g/mol. The average Bonchev–Trinajstić information content (AvgIpc) is 3.05. The van der Waals surface area contributed by atoms with Crippen LogP contribution in [0.1, 0.15) is 57.1 Å². The van der Waals surface area contributed by atoms with E-state index >= 15 is 0 Å². The number of aromatic nitrogens is 1. The highest BCUT2D eigenvalue weighted by Gasteiger charge is 2.18. The molecule has 2 heterocycles. The highest BCUT2D eigenvalue weighted by Crippen LogP contribution is 2.27. The summed E-state index contributed by atoms with van der Waals surface area (Å²) in [5.41, 5.74) is 3.00. The SMILES string of the molecule is Cc1nc(CSc2ccccc2C(=O)Nc2ccc(C(=O)N3CCCCCC3)cc2)cs1. The maximum atomic E-state index is 12.9. The van der Waals surface area contributed by atoms with Crippen molar-refractivity contribution >= 4 is 40.6 Å². The van der Waals surface area contributed by atoms with Gasteiger partial charge in [0, 0.05) is 40.4 Å². The first-order chi connectivity index (χ1) is 15.6. The van der Waals surface area contributed by atoms with Gasteiger partial charge in [0.05, 0.1) is 16.3 Å². The number of thioether (sulfide) groups is 1. The summed E-state index contributed by atoms with van der Waals surface area (Å²) >= 11 is 3.24. The highest BCUT2D eigenvalue weighted by atomic mass is 32.2. The minimum atomic E-state index is -0.158. The number of hydrogen-bond acceptors (Lipinski definition) is 5. The smallest absolute Gasteiger partial charge is 0.256 e. The molecule has 1 saturated heterocycles. The third-order valence-electron chi connectivity index (χ3n) is 5.46. The van der Waals surface area contributed by atoms with E-state index in [9.17, 15) is 9.59 Å². The first kappa shape index (κ1) is 22.6. The van der Waals surface area contributed by atoms with E-state index in [4.69, 9.17) is 0 Å². The number of likely N-dealkylation sites (tertiary alicyclic amines) is 1. The van der Waals surface area contributed by atoms with Crippen molar-refractivity contribution in [2.24, 2.45) is 0 Å². The number of amides is 2. The molecule has 7 heteroatoms. The van der Waals surface area contributed by atoms with Gasteiger partial charge in [-0.2, -0.15) is 0 Å². The van der Waals surface area contributed by atoms with Crippen LogP contribution in [0.25, 0.3) is 0 Å². The Morgan fingerprint density at radius 3 is 2.44 bits per heavy atom. The lowest BCUT2D eigenvalue weighted by molar-refractivity contribution is 0.0761. The summed E-state index contributed by atoms with van der Waals surface area (Å²) in [5, 5.41) is 6.07. The van der Waals surface area contributed by atoms with E-state index in [-0.39, 0.29) is 11.8 Å². The van der Waals surface area contributed by atoms with Gasteiger partial charge in [-0.25, -0.2) is 4.98 Å². The summed E-state index contributed by atoms with van der Waals surface area (Å²) in [5.74, 6) is 0.639. The van der Waals surface area contributed by atoms with Gasteiger partial charge in [0.15, 0.2) is 0 Å². The number of aryl methyl sites for hydroxylation is 1. The molecule has 0 saturated carbocycles. The molecule has 5 nitrogen and oxygen atoms in total. The number of carbonyl (C=O) groups excluding carboxylic acids is 2. The molecule has 1 fully saturated rings. The maximum absolute atomic E-state index is 12.9. The van der Waals surface area contributed by atoms with Gasteiger partial charge in [0.2, 0.25) is 0 Å². The molecular formula is C25H27N3O2S2. The van der Waals surface area contributed by atoms with Gasteiger partial charge in [-0.1, -0.05) is 25.0 Å². The quantitative estimate of drug-likeness (QED) is 0.453. The Morgan fingerprint density at radius 1 is 1.03 bits per heavy atom. The van der Waals surface area contributed by atoms with Crippen molar-refractivity contribution in [2.45, 2.75) is 43.3 Å². The summed E-state index contributed by atoms with van der Waals surface area (Å²) in [6.07, 6.45) is 4.52. The highest BCUT2D eigenvalue weighted by molar-refractivity contribution is 7.98. The zero-order valence-electron chi connectivity index (χ0n) is 18.2. The molecule has 2 amide bonds. The topological polar surface area (TPSA) is 62.3 Å². The average molecular weight is 466 g/mol. The summed E-state index contributed by atoms with van der Waals surface area (Å²) in [6, 6.07) is 14.8. The van der Waals surface area contributed by atoms with Crippen LogP contribution in [0.3, 0.4) is 0 Å². The van der Waals surface area contributed by atoms with Crippen molar-refractivity contribution in [1.82, 2.24) is 9.88 Å². The Labute approximate surface area is 197 Å². The fourth-order valence-electron chi connectivity index (χ4n) is 3.76. The van der Waals surface area contributed by atoms with Gasteiger partial charge >= 0.3 is 0 Å². The molecule has 1 aromatic heterocycles. The van der Waals surface area contributed by atoms with Gasteiger partial charge in [-0.05, 0) is 56.2 Å². The number of anilines is 1. The number of carbonyl (C=O) groups is 2. The lowest BCUT2D eigenvalue weighted by Crippen LogP contribution is -2.31. The van der Waals surface area contributed by atoms with E-state index in [0.717, 1.165) is 47.3 Å². The fraction of sp³-hybridized carbons (Fsp3) is 0.320. The van der Waals surface area contributed by atoms with Crippen molar-refractivity contribution in [3.63, 3.8) is 0 Å². The zero-order chi connectivity index (χ0) is 22.3. The third kappa shape index (κ3) is 5.78. The minimum absolute atomic E-state index is 0.0730. The van der Waals surface area contributed by atoms with Crippen molar-refractivity contribution < 1.29 is 9.59 Å². The summed E-state index contributed by atoms with van der Waals surface area (Å²) in [4.78, 5) is 33.1. The Kier molecular flexibility index (Phi) is 7.60. The standard InChI is InChI=1S/C25H27N3O2S2/c1-18-26-21(16-31-18)17-32-23-9-5-4-8-22(23)24(29)27-20-12-10-19(11-13-20)25(30)28-14-6-2-3-7-15-28/h4-5,8-13,16H,2-3,6-7,14-15,17H2,1H3,(H,27,29). The van der Waals surface area contributed by atoms with Crippen LogP contribution in [0.5, 0.6) is 0 Å². The molecule has 0 radical (unpaired) electrons. The Balaban J connectivity index is 1.40. The fourth-order valence-corrected chi connectivity index (χ4v) is 5.42. The predicted octanol–water partition coefficient (Wildman–Crippen LogP) is 6.01. The second kappa shape index (κ2) is 10.8. The van der Waals surface area contributed by atoms with Gasteiger partial charge < -0.3 is 10.2 Å². The molecule has 0 bridgehead atoms. The van der Waals surface area contributed by atoms with Gasteiger partial charge in [0.25, 0.3) is 11.8 Å². The Hall–Kier alpha value is -2.64. The molecule has 4 rings (SSSR count). The van der Waals surface area contributed by atoms with E-state index in [1.54, 1.807) is 47.4 Å². The van der Waals surface area contributed by atoms with Crippen LogP contribution in [0.4, 0.5) is 5.69 Å². The van der Waals surface area contributed by atoms with E-state index in [1.807, 2.05) is 36.1 Å². The van der Waals surface area contributed by atoms with E-state index in [2.05, 4.69) is 15.7 Å². The zero-order valence-corrected chi connectivity index (χ0v) is 19.8. The molecule has 1 aliphatic heterocycles. The Morgan fingerprint density at radius 2 is 1.75 bits per heavy atom. The molecule has 3 aromatic rings. The van der Waals surface area contributed by atoms with Crippen molar-refractivity contribution in [3.05, 3.63) is 75.7 Å². The Bertz CT molecular complexity index is 1070. The molecule has 0 aliphatic carbocycles. The van der Waals surface area contributed by atoms with E-state index < -0.39 is 0 Å². The molecule has 0 atom stereocenters. The van der Waals surface area contributed by atoms with Crippen LogP contribution < -0.4 is 5.32 Å². The summed E-state index contributed by atoms with van der Waals surface area (Å²) in [6.45, 7) is 3.64. The second-order valence-electron chi connectivity index (χ2n) is 7.88. The molecule has 2 aromatic carbocycles. The van der Waals surface area contributed by atoms with Crippen LogP contribution >= 0.6 is 23.1 Å². The number of rotatable bonds is 6.